The number of carbonyl (C=O) groups excluding carboxylic acids is 1. The van der Waals surface area contributed by atoms with Gasteiger partial charge in [0, 0.05) is 24.5 Å². The number of aromatic nitrogens is 2. The Bertz CT molecular complexity index is 400. The number of hydrogen-bond donors (Lipinski definition) is 1. The third-order valence-electron chi connectivity index (χ3n) is 3.49. The molecule has 0 unspecified atom stereocenters. The zero-order valence-electron chi connectivity index (χ0n) is 9.82. The molecule has 0 atom stereocenters. The van der Waals surface area contributed by atoms with Crippen molar-refractivity contribution in [1.29, 1.82) is 0 Å². The summed E-state index contributed by atoms with van der Waals surface area (Å²) in [6, 6.07) is 0.371. The Balaban J connectivity index is 1.70. The average Bonchev–Trinajstić information content (AvgIpc) is 2.96. The van der Waals surface area contributed by atoms with Crippen LogP contribution in [0.2, 0.25) is 0 Å². The highest BCUT2D eigenvalue weighted by molar-refractivity contribution is 7.98. The van der Waals surface area contributed by atoms with Gasteiger partial charge in [-0.3, -0.25) is 4.79 Å². The lowest BCUT2D eigenvalue weighted by Crippen LogP contribution is -2.32. The van der Waals surface area contributed by atoms with E-state index in [0.29, 0.717) is 11.7 Å². The molecule has 5 heteroatoms. The second kappa shape index (κ2) is 4.72. The molecule has 0 radical (unpaired) electrons. The van der Waals surface area contributed by atoms with E-state index < -0.39 is 0 Å². The monoisotopic (exact) mass is 251 g/mol. The first-order chi connectivity index (χ1) is 8.33. The van der Waals surface area contributed by atoms with Gasteiger partial charge in [-0.05, 0) is 12.8 Å². The van der Waals surface area contributed by atoms with Crippen LogP contribution in [0.15, 0.2) is 6.20 Å². The van der Waals surface area contributed by atoms with E-state index in [4.69, 9.17) is 0 Å². The Labute approximate surface area is 105 Å². The Morgan fingerprint density at radius 3 is 3.06 bits per heavy atom. The lowest BCUT2D eigenvalue weighted by atomic mass is 10.2. The minimum absolute atomic E-state index is 0.00352. The fourth-order valence-corrected chi connectivity index (χ4v) is 3.41. The minimum atomic E-state index is 0.00352. The Kier molecular flexibility index (Phi) is 3.09. The summed E-state index contributed by atoms with van der Waals surface area (Å²) in [6.07, 6.45) is 6.62. The molecule has 1 aliphatic heterocycles. The third kappa shape index (κ3) is 2.34. The topological polar surface area (TPSA) is 46.9 Å². The van der Waals surface area contributed by atoms with Crippen molar-refractivity contribution in [2.75, 3.05) is 5.75 Å². The van der Waals surface area contributed by atoms with Gasteiger partial charge in [-0.2, -0.15) is 11.8 Å². The van der Waals surface area contributed by atoms with E-state index in [-0.39, 0.29) is 5.91 Å². The second-order valence-electron chi connectivity index (χ2n) is 4.74. The number of nitrogens with zero attached hydrogens (tertiary/aromatic N) is 2. The molecule has 2 aliphatic rings. The maximum Gasteiger partial charge on any atom is 0.271 e. The van der Waals surface area contributed by atoms with Crippen LogP contribution < -0.4 is 5.32 Å². The maximum atomic E-state index is 12.0. The van der Waals surface area contributed by atoms with Crippen molar-refractivity contribution in [3.63, 3.8) is 0 Å². The number of hydrogen-bond acceptors (Lipinski definition) is 3. The van der Waals surface area contributed by atoms with Crippen LogP contribution in [-0.2, 0) is 12.3 Å². The first-order valence-electron chi connectivity index (χ1n) is 6.27. The number of rotatable bonds is 2. The molecule has 1 aliphatic carbocycles. The summed E-state index contributed by atoms with van der Waals surface area (Å²) in [5.41, 5.74) is 0.592. The maximum absolute atomic E-state index is 12.0. The number of amides is 1. The standard InChI is InChI=1S/C12H17N3OS/c16-12(13-9-3-1-2-4-9)10-7-15-5-6-17-8-11(15)14-10/h7,9H,1-6,8H2,(H,13,16). The van der Waals surface area contributed by atoms with Gasteiger partial charge in [0.1, 0.15) is 11.5 Å². The summed E-state index contributed by atoms with van der Waals surface area (Å²) in [7, 11) is 0. The smallest absolute Gasteiger partial charge is 0.271 e. The van der Waals surface area contributed by atoms with Crippen LogP contribution in [0.4, 0.5) is 0 Å². The summed E-state index contributed by atoms with van der Waals surface area (Å²) in [5, 5.41) is 3.08. The fraction of sp³-hybridized carbons (Fsp3) is 0.667. The van der Waals surface area contributed by atoms with E-state index in [2.05, 4.69) is 14.9 Å². The van der Waals surface area contributed by atoms with Gasteiger partial charge >= 0.3 is 0 Å². The van der Waals surface area contributed by atoms with E-state index in [0.717, 1.165) is 36.7 Å². The van der Waals surface area contributed by atoms with Gasteiger partial charge in [0.25, 0.3) is 5.91 Å². The third-order valence-corrected chi connectivity index (χ3v) is 4.42. The van der Waals surface area contributed by atoms with Crippen LogP contribution in [0.25, 0.3) is 0 Å². The molecule has 4 nitrogen and oxygen atoms in total. The lowest BCUT2D eigenvalue weighted by molar-refractivity contribution is 0.0933. The molecule has 0 spiro atoms. The van der Waals surface area contributed by atoms with Crippen molar-refractivity contribution >= 4 is 17.7 Å². The number of aryl methyl sites for hydroxylation is 1. The van der Waals surface area contributed by atoms with Gasteiger partial charge in [-0.25, -0.2) is 4.98 Å². The van der Waals surface area contributed by atoms with Crippen molar-refractivity contribution in [3.8, 4) is 0 Å². The van der Waals surface area contributed by atoms with Gasteiger partial charge in [-0.15, -0.1) is 0 Å². The normalized spacial score (nSPS) is 20.2. The predicted molar refractivity (Wildman–Crippen MR) is 68.1 cm³/mol. The van der Waals surface area contributed by atoms with Crippen molar-refractivity contribution < 1.29 is 4.79 Å². The molecule has 92 valence electrons. The number of imidazole rings is 1. The van der Waals surface area contributed by atoms with Crippen molar-refractivity contribution in [2.45, 2.75) is 44.0 Å². The highest BCUT2D eigenvalue weighted by Crippen LogP contribution is 2.20. The molecule has 1 aromatic rings. The number of nitrogens with one attached hydrogen (secondary N) is 1. The van der Waals surface area contributed by atoms with Gasteiger partial charge in [0.15, 0.2) is 0 Å². The second-order valence-corrected chi connectivity index (χ2v) is 5.85. The molecule has 17 heavy (non-hydrogen) atoms. The molecule has 3 rings (SSSR count). The van der Waals surface area contributed by atoms with E-state index in [1.54, 1.807) is 0 Å². The van der Waals surface area contributed by atoms with Crippen LogP contribution in [-0.4, -0.2) is 27.3 Å². The van der Waals surface area contributed by atoms with Gasteiger partial charge < -0.3 is 9.88 Å². The average molecular weight is 251 g/mol. The number of carbonyl (C=O) groups is 1. The van der Waals surface area contributed by atoms with Crippen LogP contribution >= 0.6 is 11.8 Å². The van der Waals surface area contributed by atoms with Crippen molar-refractivity contribution in [1.82, 2.24) is 14.9 Å². The van der Waals surface area contributed by atoms with E-state index >= 15 is 0 Å². The number of thioether (sulfide) groups is 1. The van der Waals surface area contributed by atoms with E-state index in [1.807, 2.05) is 18.0 Å². The van der Waals surface area contributed by atoms with Crippen molar-refractivity contribution in [2.24, 2.45) is 0 Å². The van der Waals surface area contributed by atoms with Crippen LogP contribution in [0.1, 0.15) is 42.0 Å². The highest BCUT2D eigenvalue weighted by Gasteiger charge is 2.21. The first kappa shape index (κ1) is 11.1. The number of fused-ring (bicyclic) bond motifs is 1. The van der Waals surface area contributed by atoms with E-state index in [9.17, 15) is 4.79 Å². The molecule has 0 bridgehead atoms. The quantitative estimate of drug-likeness (QED) is 0.872. The Hall–Kier alpha value is -0.970. The highest BCUT2D eigenvalue weighted by atomic mass is 32.2. The summed E-state index contributed by atoms with van der Waals surface area (Å²) in [5.74, 6) is 3.09. The lowest BCUT2D eigenvalue weighted by Gasteiger charge is -2.11. The molecular formula is C12H17N3OS. The first-order valence-corrected chi connectivity index (χ1v) is 7.43. The summed E-state index contributed by atoms with van der Waals surface area (Å²) in [6.45, 7) is 0.976. The molecule has 0 aromatic carbocycles. The van der Waals surface area contributed by atoms with Gasteiger partial charge in [-0.1, -0.05) is 12.8 Å². The summed E-state index contributed by atoms with van der Waals surface area (Å²) < 4.78 is 2.11. The molecule has 1 N–H and O–H groups in total. The summed E-state index contributed by atoms with van der Waals surface area (Å²) in [4.78, 5) is 16.4. The molecular weight excluding hydrogens is 234 g/mol. The fourth-order valence-electron chi connectivity index (χ4n) is 2.53. The minimum Gasteiger partial charge on any atom is -0.348 e. The van der Waals surface area contributed by atoms with Crippen molar-refractivity contribution in [3.05, 3.63) is 17.7 Å². The van der Waals surface area contributed by atoms with Crippen LogP contribution in [0.5, 0.6) is 0 Å². The van der Waals surface area contributed by atoms with E-state index in [1.165, 1.54) is 12.8 Å². The van der Waals surface area contributed by atoms with Gasteiger partial charge in [0.05, 0.1) is 5.75 Å². The molecule has 1 saturated carbocycles. The van der Waals surface area contributed by atoms with Gasteiger partial charge in [0.2, 0.25) is 0 Å². The molecule has 1 fully saturated rings. The summed E-state index contributed by atoms with van der Waals surface area (Å²) >= 11 is 1.88. The Morgan fingerprint density at radius 2 is 2.29 bits per heavy atom. The zero-order chi connectivity index (χ0) is 11.7. The van der Waals surface area contributed by atoms with Crippen LogP contribution in [0.3, 0.4) is 0 Å². The largest absolute Gasteiger partial charge is 0.348 e. The Morgan fingerprint density at radius 1 is 1.47 bits per heavy atom. The molecule has 2 heterocycles. The molecule has 0 saturated heterocycles. The molecule has 1 amide bonds. The van der Waals surface area contributed by atoms with Crippen LogP contribution in [0, 0.1) is 0 Å². The SMILES string of the molecule is O=C(NC1CCCC1)c1cn2c(n1)CSCC2. The predicted octanol–water partition coefficient (Wildman–Crippen LogP) is 1.80. The zero-order valence-corrected chi connectivity index (χ0v) is 10.6. The molecule has 1 aromatic heterocycles.